The van der Waals surface area contributed by atoms with Crippen LogP contribution in [0.25, 0.3) is 22.2 Å². The number of anilines is 1. The van der Waals surface area contributed by atoms with E-state index in [1.165, 1.54) is 17.0 Å². The van der Waals surface area contributed by atoms with E-state index in [-0.39, 0.29) is 18.1 Å². The predicted molar refractivity (Wildman–Crippen MR) is 134 cm³/mol. The number of rotatable bonds is 7. The van der Waals surface area contributed by atoms with Crippen molar-refractivity contribution in [2.75, 3.05) is 12.0 Å². The molecule has 0 saturated carbocycles. The number of fused-ring (bicyclic) bond motifs is 1. The Morgan fingerprint density at radius 2 is 1.81 bits per heavy atom. The number of amides is 1. The van der Waals surface area contributed by atoms with E-state index in [0.29, 0.717) is 16.8 Å². The highest BCUT2D eigenvalue weighted by Crippen LogP contribution is 2.31. The van der Waals surface area contributed by atoms with Crippen LogP contribution in [0.1, 0.15) is 15.9 Å². The number of benzene rings is 3. The summed E-state index contributed by atoms with van der Waals surface area (Å²) in [4.78, 5) is 19.4. The molecule has 5 rings (SSSR count). The molecule has 3 aromatic carbocycles. The summed E-state index contributed by atoms with van der Waals surface area (Å²) >= 11 is 1.57. The van der Waals surface area contributed by atoms with Crippen LogP contribution in [0.5, 0.6) is 11.5 Å². The van der Waals surface area contributed by atoms with E-state index in [1.807, 2.05) is 29.0 Å². The molecular weight excluding hydrogens is 505 g/mol. The zero-order valence-corrected chi connectivity index (χ0v) is 20.2. The van der Waals surface area contributed by atoms with Crippen molar-refractivity contribution < 1.29 is 31.9 Å². The maximum absolute atomic E-state index is 13.6. The Labute approximate surface area is 213 Å². The van der Waals surface area contributed by atoms with Crippen LogP contribution in [0.4, 0.5) is 19.2 Å². The number of oxazole rings is 1. The highest BCUT2D eigenvalue weighted by molar-refractivity contribution is 7.08. The molecule has 2 heterocycles. The Kier molecular flexibility index (Phi) is 6.58. The van der Waals surface area contributed by atoms with Gasteiger partial charge in [-0.2, -0.15) is 16.3 Å². The minimum Gasteiger partial charge on any atom is -0.497 e. The van der Waals surface area contributed by atoms with Gasteiger partial charge < -0.3 is 13.9 Å². The quantitative estimate of drug-likeness (QED) is 0.223. The molecule has 0 spiro atoms. The molecule has 5 aromatic rings. The Morgan fingerprint density at radius 1 is 1.00 bits per heavy atom. The lowest BCUT2D eigenvalue weighted by Crippen LogP contribution is -2.30. The summed E-state index contributed by atoms with van der Waals surface area (Å²) in [6.45, 7) is 0.0530. The van der Waals surface area contributed by atoms with Crippen molar-refractivity contribution in [3.8, 4) is 22.6 Å². The summed E-state index contributed by atoms with van der Waals surface area (Å²) in [5.74, 6) is -0.463. The predicted octanol–water partition coefficient (Wildman–Crippen LogP) is 7.31. The van der Waals surface area contributed by atoms with E-state index < -0.39 is 18.0 Å². The van der Waals surface area contributed by atoms with Gasteiger partial charge in [-0.1, -0.05) is 24.3 Å². The van der Waals surface area contributed by atoms with Crippen molar-refractivity contribution in [3.05, 3.63) is 94.7 Å². The SMILES string of the molecule is COc1ccc(CN(C(=O)c2cccc(OC(F)(F)F)c2)c2nc3cc(-c4ccsc4)ccc3o2)cc1. The van der Waals surface area contributed by atoms with Crippen LogP contribution < -0.4 is 14.4 Å². The van der Waals surface area contributed by atoms with Gasteiger partial charge in [-0.15, -0.1) is 13.2 Å². The van der Waals surface area contributed by atoms with Gasteiger partial charge in [0.25, 0.3) is 5.91 Å². The van der Waals surface area contributed by atoms with Gasteiger partial charge >= 0.3 is 12.4 Å². The number of hydrogen-bond donors (Lipinski definition) is 0. The molecule has 188 valence electrons. The van der Waals surface area contributed by atoms with E-state index >= 15 is 0 Å². The molecule has 0 saturated heterocycles. The molecule has 1 amide bonds. The zero-order valence-electron chi connectivity index (χ0n) is 19.4. The summed E-state index contributed by atoms with van der Waals surface area (Å²) in [5.41, 5.74) is 3.70. The topological polar surface area (TPSA) is 64.8 Å². The summed E-state index contributed by atoms with van der Waals surface area (Å²) in [7, 11) is 1.55. The van der Waals surface area contributed by atoms with Gasteiger partial charge in [-0.3, -0.25) is 9.69 Å². The number of ether oxygens (including phenoxy) is 2. The molecule has 10 heteroatoms. The van der Waals surface area contributed by atoms with Gasteiger partial charge in [0.1, 0.15) is 17.0 Å². The van der Waals surface area contributed by atoms with Crippen LogP contribution in [0, 0.1) is 0 Å². The van der Waals surface area contributed by atoms with Gasteiger partial charge in [-0.05, 0) is 76.0 Å². The smallest absolute Gasteiger partial charge is 0.497 e. The molecule has 37 heavy (non-hydrogen) atoms. The van der Waals surface area contributed by atoms with Crippen LogP contribution in [-0.4, -0.2) is 24.4 Å². The van der Waals surface area contributed by atoms with Gasteiger partial charge in [-0.25, -0.2) is 0 Å². The molecule has 0 atom stereocenters. The Bertz CT molecular complexity index is 1530. The van der Waals surface area contributed by atoms with Crippen LogP contribution in [0.2, 0.25) is 0 Å². The number of nitrogens with zero attached hydrogens (tertiary/aromatic N) is 2. The number of thiophene rings is 1. The first-order chi connectivity index (χ1) is 17.8. The van der Waals surface area contributed by atoms with Crippen molar-refractivity contribution in [1.82, 2.24) is 4.98 Å². The highest BCUT2D eigenvalue weighted by Gasteiger charge is 2.32. The summed E-state index contributed by atoms with van der Waals surface area (Å²) in [5, 5.41) is 3.98. The minimum atomic E-state index is -4.88. The number of methoxy groups -OCH3 is 1. The standard InChI is InChI=1S/C27H19F3N2O4S/c1-34-21-8-5-17(6-9-21)15-32(25(33)19-3-2-4-22(13-19)36-27(28,29)30)26-31-23-14-18(7-10-24(23)35-26)20-11-12-37-16-20/h2-14,16H,15H2,1H3. The summed E-state index contributed by atoms with van der Waals surface area (Å²) < 4.78 is 53.4. The minimum absolute atomic E-state index is 0.0143. The second kappa shape index (κ2) is 9.98. The van der Waals surface area contributed by atoms with Crippen molar-refractivity contribution in [3.63, 3.8) is 0 Å². The molecule has 0 N–H and O–H groups in total. The Balaban J connectivity index is 1.53. The first-order valence-corrected chi connectivity index (χ1v) is 12.0. The van der Waals surface area contributed by atoms with Crippen LogP contribution in [0.3, 0.4) is 0 Å². The number of aromatic nitrogens is 1. The average Bonchev–Trinajstić information content (AvgIpc) is 3.56. The lowest BCUT2D eigenvalue weighted by molar-refractivity contribution is -0.274. The Morgan fingerprint density at radius 3 is 2.51 bits per heavy atom. The van der Waals surface area contributed by atoms with Crippen LogP contribution in [-0.2, 0) is 6.54 Å². The van der Waals surface area contributed by atoms with E-state index in [2.05, 4.69) is 9.72 Å². The molecule has 0 bridgehead atoms. The zero-order chi connectivity index (χ0) is 26.0. The van der Waals surface area contributed by atoms with Gasteiger partial charge in [0.2, 0.25) is 0 Å². The lowest BCUT2D eigenvalue weighted by atomic mass is 10.1. The molecule has 0 radical (unpaired) electrons. The van der Waals surface area contributed by atoms with Crippen molar-refractivity contribution >= 4 is 34.4 Å². The number of alkyl halides is 3. The number of carbonyl (C=O) groups excluding carboxylic acids is 1. The molecule has 6 nitrogen and oxygen atoms in total. The Hall–Kier alpha value is -4.31. The third-order valence-electron chi connectivity index (χ3n) is 5.52. The molecular formula is C27H19F3N2O4S. The molecule has 0 unspecified atom stereocenters. The summed E-state index contributed by atoms with van der Waals surface area (Å²) in [6, 6.07) is 19.5. The van der Waals surface area contributed by atoms with E-state index in [9.17, 15) is 18.0 Å². The van der Waals surface area contributed by atoms with Gasteiger partial charge in [0, 0.05) is 5.56 Å². The van der Waals surface area contributed by atoms with Crippen molar-refractivity contribution in [2.24, 2.45) is 0 Å². The van der Waals surface area contributed by atoms with E-state index in [4.69, 9.17) is 9.15 Å². The maximum Gasteiger partial charge on any atom is 0.573 e. The van der Waals surface area contributed by atoms with E-state index in [1.54, 1.807) is 48.8 Å². The second-order valence-corrected chi connectivity index (χ2v) is 8.79. The number of carbonyl (C=O) groups is 1. The normalized spacial score (nSPS) is 11.5. The third kappa shape index (κ3) is 5.59. The lowest BCUT2D eigenvalue weighted by Gasteiger charge is -2.19. The molecule has 0 fully saturated rings. The number of halogens is 3. The third-order valence-corrected chi connectivity index (χ3v) is 6.20. The monoisotopic (exact) mass is 524 g/mol. The van der Waals surface area contributed by atoms with Crippen molar-refractivity contribution in [1.29, 1.82) is 0 Å². The first-order valence-electron chi connectivity index (χ1n) is 11.0. The van der Waals surface area contributed by atoms with Crippen LogP contribution >= 0.6 is 11.3 Å². The molecule has 0 aliphatic carbocycles. The van der Waals surface area contributed by atoms with Crippen LogP contribution in [0.15, 0.2) is 88.0 Å². The second-order valence-electron chi connectivity index (χ2n) is 8.01. The fourth-order valence-electron chi connectivity index (χ4n) is 3.76. The van der Waals surface area contributed by atoms with Gasteiger partial charge in [0.05, 0.1) is 13.7 Å². The maximum atomic E-state index is 13.6. The van der Waals surface area contributed by atoms with Crippen molar-refractivity contribution in [2.45, 2.75) is 12.9 Å². The molecule has 2 aromatic heterocycles. The first kappa shape index (κ1) is 24.4. The largest absolute Gasteiger partial charge is 0.573 e. The van der Waals surface area contributed by atoms with E-state index in [0.717, 1.165) is 28.8 Å². The molecule has 0 aliphatic rings. The molecule has 0 aliphatic heterocycles. The highest BCUT2D eigenvalue weighted by atomic mass is 32.1. The average molecular weight is 525 g/mol. The fraction of sp³-hybridized carbons (Fsp3) is 0.111. The van der Waals surface area contributed by atoms with Gasteiger partial charge in [0.15, 0.2) is 5.58 Å². The number of hydrogen-bond acceptors (Lipinski definition) is 6. The fourth-order valence-corrected chi connectivity index (χ4v) is 4.43. The summed E-state index contributed by atoms with van der Waals surface area (Å²) in [6.07, 6.45) is -4.88.